The van der Waals surface area contributed by atoms with Crippen molar-refractivity contribution in [3.05, 3.63) is 0 Å². The predicted molar refractivity (Wildman–Crippen MR) is 75.6 cm³/mol. The zero-order valence-corrected chi connectivity index (χ0v) is 12.8. The van der Waals surface area contributed by atoms with Crippen LogP contribution in [-0.2, 0) is 9.53 Å². The van der Waals surface area contributed by atoms with Crippen molar-refractivity contribution < 1.29 is 19.4 Å². The molecule has 0 aromatic heterocycles. The van der Waals surface area contributed by atoms with Crippen LogP contribution in [0.1, 0.15) is 39.5 Å². The summed E-state index contributed by atoms with van der Waals surface area (Å²) in [5.41, 5.74) is -0.00194. The number of ether oxygens (including phenoxy) is 1. The second-order valence-electron chi connectivity index (χ2n) is 5.47. The van der Waals surface area contributed by atoms with E-state index in [-0.39, 0.29) is 36.6 Å². The number of hydrogen-bond donors (Lipinski definition) is 2. The number of rotatable bonds is 7. The van der Waals surface area contributed by atoms with Crippen LogP contribution in [0.15, 0.2) is 0 Å². The molecule has 0 radical (unpaired) electrons. The predicted octanol–water partition coefficient (Wildman–Crippen LogP) is 1.70. The molecule has 0 spiro atoms. The Balaban J connectivity index is 2.55. The SMILES string of the molecule is CCC1(CC)C(NC(=O)N(C)CCC(=O)O)CC1OC. The Kier molecular flexibility index (Phi) is 5.80. The van der Waals surface area contributed by atoms with Gasteiger partial charge in [-0.3, -0.25) is 4.79 Å². The van der Waals surface area contributed by atoms with Crippen molar-refractivity contribution in [2.24, 2.45) is 5.41 Å². The lowest BCUT2D eigenvalue weighted by Gasteiger charge is -2.55. The molecule has 1 rings (SSSR count). The summed E-state index contributed by atoms with van der Waals surface area (Å²) >= 11 is 0. The van der Waals surface area contributed by atoms with E-state index in [9.17, 15) is 9.59 Å². The Bertz CT molecular complexity index is 355. The van der Waals surface area contributed by atoms with E-state index in [1.165, 1.54) is 4.90 Å². The van der Waals surface area contributed by atoms with Gasteiger partial charge in [-0.1, -0.05) is 13.8 Å². The van der Waals surface area contributed by atoms with Gasteiger partial charge in [0.1, 0.15) is 0 Å². The van der Waals surface area contributed by atoms with E-state index in [1.807, 2.05) is 0 Å². The summed E-state index contributed by atoms with van der Waals surface area (Å²) in [6.45, 7) is 4.44. The third kappa shape index (κ3) is 3.23. The van der Waals surface area contributed by atoms with Gasteiger partial charge in [-0.15, -0.1) is 0 Å². The zero-order valence-electron chi connectivity index (χ0n) is 12.8. The van der Waals surface area contributed by atoms with Crippen molar-refractivity contribution in [3.63, 3.8) is 0 Å². The van der Waals surface area contributed by atoms with Crippen LogP contribution in [0.4, 0.5) is 4.79 Å². The van der Waals surface area contributed by atoms with Gasteiger partial charge in [-0.05, 0) is 19.3 Å². The van der Waals surface area contributed by atoms with E-state index in [2.05, 4.69) is 19.2 Å². The lowest BCUT2D eigenvalue weighted by atomic mass is 9.58. The molecule has 116 valence electrons. The second-order valence-corrected chi connectivity index (χ2v) is 5.47. The lowest BCUT2D eigenvalue weighted by Crippen LogP contribution is -2.65. The van der Waals surface area contributed by atoms with E-state index in [1.54, 1.807) is 14.2 Å². The van der Waals surface area contributed by atoms with Crippen molar-refractivity contribution in [2.75, 3.05) is 20.7 Å². The summed E-state index contributed by atoms with van der Waals surface area (Å²) in [5, 5.41) is 11.6. The normalized spacial score (nSPS) is 23.8. The van der Waals surface area contributed by atoms with Gasteiger partial charge >= 0.3 is 12.0 Å². The maximum atomic E-state index is 12.1. The first-order valence-electron chi connectivity index (χ1n) is 7.17. The van der Waals surface area contributed by atoms with Crippen molar-refractivity contribution in [1.82, 2.24) is 10.2 Å². The third-order valence-electron chi connectivity index (χ3n) is 4.69. The molecule has 0 bridgehead atoms. The molecular formula is C14H26N2O4. The fraction of sp³-hybridized carbons (Fsp3) is 0.857. The zero-order chi connectivity index (χ0) is 15.3. The first-order valence-corrected chi connectivity index (χ1v) is 7.17. The summed E-state index contributed by atoms with van der Waals surface area (Å²) in [6.07, 6.45) is 2.86. The fourth-order valence-electron chi connectivity index (χ4n) is 3.10. The van der Waals surface area contributed by atoms with E-state index < -0.39 is 5.97 Å². The molecular weight excluding hydrogens is 260 g/mol. The summed E-state index contributed by atoms with van der Waals surface area (Å²) in [4.78, 5) is 24.0. The first kappa shape index (κ1) is 16.8. The van der Waals surface area contributed by atoms with Crippen LogP contribution in [-0.4, -0.2) is 54.9 Å². The van der Waals surface area contributed by atoms with Gasteiger partial charge < -0.3 is 20.1 Å². The van der Waals surface area contributed by atoms with Crippen LogP contribution >= 0.6 is 0 Å². The van der Waals surface area contributed by atoms with Gasteiger partial charge in [0.15, 0.2) is 0 Å². The number of nitrogens with zero attached hydrogens (tertiary/aromatic N) is 1. The highest BCUT2D eigenvalue weighted by Crippen LogP contribution is 2.48. The molecule has 2 atom stereocenters. The minimum Gasteiger partial charge on any atom is -0.481 e. The van der Waals surface area contributed by atoms with Crippen LogP contribution in [0.3, 0.4) is 0 Å². The van der Waals surface area contributed by atoms with Gasteiger partial charge in [-0.25, -0.2) is 4.79 Å². The standard InChI is InChI=1S/C14H26N2O4/c1-5-14(6-2)10(9-11(14)20-4)15-13(19)16(3)8-7-12(17)18/h10-11H,5-9H2,1-4H3,(H,15,19)(H,17,18). The highest BCUT2D eigenvalue weighted by Gasteiger charge is 2.53. The highest BCUT2D eigenvalue weighted by atomic mass is 16.5. The van der Waals surface area contributed by atoms with Crippen molar-refractivity contribution in [3.8, 4) is 0 Å². The quantitative estimate of drug-likeness (QED) is 0.746. The molecule has 6 heteroatoms. The highest BCUT2D eigenvalue weighted by molar-refractivity contribution is 5.75. The van der Waals surface area contributed by atoms with Gasteiger partial charge in [-0.2, -0.15) is 0 Å². The van der Waals surface area contributed by atoms with Gasteiger partial charge in [0, 0.05) is 32.2 Å². The summed E-state index contributed by atoms with van der Waals surface area (Å²) in [5.74, 6) is -0.899. The topological polar surface area (TPSA) is 78.9 Å². The van der Waals surface area contributed by atoms with Crippen molar-refractivity contribution >= 4 is 12.0 Å². The number of carbonyl (C=O) groups is 2. The summed E-state index contributed by atoms with van der Waals surface area (Å²) in [7, 11) is 3.33. The molecule has 1 saturated carbocycles. The Labute approximate surface area is 120 Å². The summed E-state index contributed by atoms with van der Waals surface area (Å²) < 4.78 is 5.49. The van der Waals surface area contributed by atoms with Gasteiger partial charge in [0.05, 0.1) is 12.5 Å². The van der Waals surface area contributed by atoms with E-state index in [4.69, 9.17) is 9.84 Å². The fourth-order valence-corrected chi connectivity index (χ4v) is 3.10. The molecule has 0 saturated heterocycles. The molecule has 20 heavy (non-hydrogen) atoms. The molecule has 2 unspecified atom stereocenters. The number of methoxy groups -OCH3 is 1. The van der Waals surface area contributed by atoms with Crippen LogP contribution < -0.4 is 5.32 Å². The maximum Gasteiger partial charge on any atom is 0.317 e. The number of carboxylic acid groups (broad SMARTS) is 1. The first-order chi connectivity index (χ1) is 9.41. The van der Waals surface area contributed by atoms with Crippen LogP contribution in [0.2, 0.25) is 0 Å². The van der Waals surface area contributed by atoms with Gasteiger partial charge in [0.25, 0.3) is 0 Å². The molecule has 2 N–H and O–H groups in total. The average Bonchev–Trinajstić information content (AvgIpc) is 2.41. The smallest absolute Gasteiger partial charge is 0.317 e. The Morgan fingerprint density at radius 3 is 2.45 bits per heavy atom. The monoisotopic (exact) mass is 286 g/mol. The van der Waals surface area contributed by atoms with Crippen LogP contribution in [0.25, 0.3) is 0 Å². The molecule has 2 amide bonds. The number of aliphatic carboxylic acids is 1. The lowest BCUT2D eigenvalue weighted by molar-refractivity contribution is -0.137. The van der Waals surface area contributed by atoms with Gasteiger partial charge in [0.2, 0.25) is 0 Å². The number of urea groups is 1. The molecule has 0 heterocycles. The van der Waals surface area contributed by atoms with E-state index in [0.29, 0.717) is 0 Å². The molecule has 1 aliphatic carbocycles. The third-order valence-corrected chi connectivity index (χ3v) is 4.69. The minimum absolute atomic E-state index is 0.00194. The number of hydrogen-bond acceptors (Lipinski definition) is 3. The summed E-state index contributed by atoms with van der Waals surface area (Å²) in [6, 6.07) is -0.112. The van der Waals surface area contributed by atoms with Crippen molar-refractivity contribution in [2.45, 2.75) is 51.7 Å². The molecule has 0 aliphatic heterocycles. The molecule has 0 aromatic rings. The van der Waals surface area contributed by atoms with Crippen LogP contribution in [0, 0.1) is 5.41 Å². The second kappa shape index (κ2) is 6.92. The Morgan fingerprint density at radius 2 is 2.00 bits per heavy atom. The number of nitrogens with one attached hydrogen (secondary N) is 1. The van der Waals surface area contributed by atoms with E-state index in [0.717, 1.165) is 19.3 Å². The number of amides is 2. The number of carboxylic acids is 1. The Morgan fingerprint density at radius 1 is 1.40 bits per heavy atom. The average molecular weight is 286 g/mol. The molecule has 1 aliphatic rings. The molecule has 6 nitrogen and oxygen atoms in total. The molecule has 1 fully saturated rings. The van der Waals surface area contributed by atoms with E-state index >= 15 is 0 Å². The maximum absolute atomic E-state index is 12.1. The van der Waals surface area contributed by atoms with Crippen LogP contribution in [0.5, 0.6) is 0 Å². The Hall–Kier alpha value is -1.30. The largest absolute Gasteiger partial charge is 0.481 e. The number of carbonyl (C=O) groups excluding carboxylic acids is 1. The molecule has 0 aromatic carbocycles. The minimum atomic E-state index is -0.899. The van der Waals surface area contributed by atoms with Crippen molar-refractivity contribution in [1.29, 1.82) is 0 Å².